The lowest BCUT2D eigenvalue weighted by Crippen LogP contribution is -2.49. The molecule has 2 aromatic carbocycles. The van der Waals surface area contributed by atoms with Gasteiger partial charge in [-0.15, -0.1) is 0 Å². The second-order valence-corrected chi connectivity index (χ2v) is 10.0. The molecule has 3 rings (SSSR count). The van der Waals surface area contributed by atoms with Crippen LogP contribution >= 0.6 is 11.6 Å². The summed E-state index contributed by atoms with van der Waals surface area (Å²) >= 11 is 5.94. The van der Waals surface area contributed by atoms with Crippen molar-refractivity contribution >= 4 is 29.4 Å². The number of aliphatic hydroxyl groups is 1. The average molecular weight is 602 g/mol. The van der Waals surface area contributed by atoms with Crippen molar-refractivity contribution in [1.82, 2.24) is 10.1 Å². The van der Waals surface area contributed by atoms with Gasteiger partial charge in [0.2, 0.25) is 5.91 Å². The number of carbonyl (C=O) groups is 2. The van der Waals surface area contributed by atoms with Crippen molar-refractivity contribution in [3.63, 3.8) is 0 Å². The summed E-state index contributed by atoms with van der Waals surface area (Å²) in [4.78, 5) is 26.3. The molecule has 0 saturated carbocycles. The van der Waals surface area contributed by atoms with Gasteiger partial charge in [0.25, 0.3) is 6.43 Å². The van der Waals surface area contributed by atoms with Gasteiger partial charge >= 0.3 is 6.09 Å². The van der Waals surface area contributed by atoms with Crippen LogP contribution in [0.1, 0.15) is 39.7 Å². The molecule has 0 fully saturated rings. The molecule has 8 nitrogen and oxygen atoms in total. The zero-order valence-electron chi connectivity index (χ0n) is 21.7. The number of nitrogens with one attached hydrogen (secondary N) is 1. The molecular weight excluding hydrogens is 570 g/mol. The average Bonchev–Trinajstić information content (AvgIpc) is 3.33. The number of aryl methyl sites for hydroxylation is 1. The van der Waals surface area contributed by atoms with Gasteiger partial charge in [0.15, 0.2) is 11.6 Å². The van der Waals surface area contributed by atoms with E-state index in [1.165, 1.54) is 50.2 Å². The SMILES string of the molecule is C.CC(C)(O)C[C@@H](COC(=O)Nc1cc(-c2cccc(F)c2)on1)N(CC(F)F)C(=O)CCc1cccc(F)c1Cl. The maximum Gasteiger partial charge on any atom is 0.412 e. The third kappa shape index (κ3) is 10.4. The molecule has 1 heterocycles. The number of rotatable bonds is 12. The van der Waals surface area contributed by atoms with Crippen molar-refractivity contribution in [2.24, 2.45) is 0 Å². The molecule has 0 spiro atoms. The molecule has 0 saturated heterocycles. The normalized spacial score (nSPS) is 12.0. The number of nitrogens with zero attached hydrogens (tertiary/aromatic N) is 2. The Kier molecular flexibility index (Phi) is 12.1. The third-order valence-corrected chi connectivity index (χ3v) is 6.15. The fourth-order valence-corrected chi connectivity index (χ4v) is 4.21. The van der Waals surface area contributed by atoms with Crippen LogP contribution in [-0.2, 0) is 16.0 Å². The quantitative estimate of drug-likeness (QED) is 0.224. The zero-order chi connectivity index (χ0) is 29.4. The van der Waals surface area contributed by atoms with Crippen LogP contribution in [0.15, 0.2) is 53.1 Å². The number of anilines is 1. The highest BCUT2D eigenvalue weighted by Gasteiger charge is 2.32. The number of benzene rings is 2. The highest BCUT2D eigenvalue weighted by molar-refractivity contribution is 6.31. The van der Waals surface area contributed by atoms with Gasteiger partial charge in [0.05, 0.1) is 23.2 Å². The maximum atomic E-state index is 13.8. The Labute approximate surface area is 240 Å². The fourth-order valence-electron chi connectivity index (χ4n) is 3.99. The first-order chi connectivity index (χ1) is 18.8. The molecule has 0 aliphatic rings. The van der Waals surface area contributed by atoms with Crippen molar-refractivity contribution in [2.45, 2.75) is 58.6 Å². The van der Waals surface area contributed by atoms with E-state index in [1.54, 1.807) is 6.07 Å². The molecule has 0 unspecified atom stereocenters. The second kappa shape index (κ2) is 14.8. The smallest absolute Gasteiger partial charge is 0.412 e. The van der Waals surface area contributed by atoms with E-state index >= 15 is 0 Å². The number of halogens is 5. The van der Waals surface area contributed by atoms with Crippen molar-refractivity contribution in [3.8, 4) is 11.3 Å². The molecule has 1 atom stereocenters. The number of amides is 2. The molecule has 2 N–H and O–H groups in total. The van der Waals surface area contributed by atoms with E-state index in [0.29, 0.717) is 11.1 Å². The van der Waals surface area contributed by atoms with Gasteiger partial charge < -0.3 is 19.3 Å². The van der Waals surface area contributed by atoms with Gasteiger partial charge in [0, 0.05) is 18.1 Å². The first kappa shape index (κ1) is 33.6. The monoisotopic (exact) mass is 601 g/mol. The topological polar surface area (TPSA) is 105 Å². The maximum absolute atomic E-state index is 13.8. The van der Waals surface area contributed by atoms with Gasteiger partial charge in [-0.1, -0.05) is 48.4 Å². The molecule has 2 amide bonds. The summed E-state index contributed by atoms with van der Waals surface area (Å²) in [6, 6.07) is 9.78. The minimum atomic E-state index is -2.92. The Balaban J connectivity index is 0.00000588. The van der Waals surface area contributed by atoms with E-state index in [1.807, 2.05) is 0 Å². The van der Waals surface area contributed by atoms with E-state index in [2.05, 4.69) is 10.5 Å². The fraction of sp³-hybridized carbons (Fsp3) is 0.393. The van der Waals surface area contributed by atoms with Crippen LogP contribution in [-0.4, -0.2) is 58.4 Å². The summed E-state index contributed by atoms with van der Waals surface area (Å²) in [6.45, 7) is 1.31. The number of hydrogen-bond donors (Lipinski definition) is 2. The van der Waals surface area contributed by atoms with Gasteiger partial charge in [-0.2, -0.15) is 0 Å². The van der Waals surface area contributed by atoms with Crippen molar-refractivity contribution < 1.29 is 41.5 Å². The lowest BCUT2D eigenvalue weighted by atomic mass is 9.97. The van der Waals surface area contributed by atoms with Gasteiger partial charge in [0.1, 0.15) is 18.2 Å². The van der Waals surface area contributed by atoms with Crippen LogP contribution < -0.4 is 5.32 Å². The molecule has 41 heavy (non-hydrogen) atoms. The number of aromatic nitrogens is 1. The van der Waals surface area contributed by atoms with Crippen LogP contribution in [0.2, 0.25) is 5.02 Å². The molecule has 0 aliphatic carbocycles. The summed E-state index contributed by atoms with van der Waals surface area (Å²) < 4.78 is 64.5. The van der Waals surface area contributed by atoms with Crippen LogP contribution in [0.4, 0.5) is 28.2 Å². The summed E-state index contributed by atoms with van der Waals surface area (Å²) in [7, 11) is 0. The Morgan fingerprint density at radius 1 is 1.17 bits per heavy atom. The summed E-state index contributed by atoms with van der Waals surface area (Å²) in [6.07, 6.45) is -4.46. The molecule has 1 aromatic heterocycles. The zero-order valence-corrected chi connectivity index (χ0v) is 22.4. The number of carbonyl (C=O) groups excluding carboxylic acids is 2. The van der Waals surface area contributed by atoms with E-state index in [0.717, 1.165) is 11.0 Å². The van der Waals surface area contributed by atoms with Crippen LogP contribution in [0, 0.1) is 11.6 Å². The Bertz CT molecular complexity index is 1320. The van der Waals surface area contributed by atoms with Crippen molar-refractivity contribution in [3.05, 3.63) is 70.8 Å². The van der Waals surface area contributed by atoms with E-state index < -0.39 is 54.9 Å². The predicted molar refractivity (Wildman–Crippen MR) is 146 cm³/mol. The highest BCUT2D eigenvalue weighted by atomic mass is 35.5. The van der Waals surface area contributed by atoms with E-state index in [4.69, 9.17) is 20.9 Å². The van der Waals surface area contributed by atoms with E-state index in [9.17, 15) is 32.3 Å². The lowest BCUT2D eigenvalue weighted by Gasteiger charge is -2.34. The Hall–Kier alpha value is -3.64. The minimum absolute atomic E-state index is 0. The number of ether oxygens (including phenoxy) is 1. The Morgan fingerprint density at radius 3 is 2.54 bits per heavy atom. The molecular formula is C28H32ClF4N3O5. The van der Waals surface area contributed by atoms with Gasteiger partial charge in [-0.05, 0) is 50.5 Å². The molecule has 224 valence electrons. The highest BCUT2D eigenvalue weighted by Crippen LogP contribution is 2.25. The summed E-state index contributed by atoms with van der Waals surface area (Å²) in [5, 5.41) is 16.2. The predicted octanol–water partition coefficient (Wildman–Crippen LogP) is 6.71. The molecule has 0 radical (unpaired) electrons. The van der Waals surface area contributed by atoms with Crippen molar-refractivity contribution in [1.29, 1.82) is 0 Å². The molecule has 3 aromatic rings. The Morgan fingerprint density at radius 2 is 1.88 bits per heavy atom. The minimum Gasteiger partial charge on any atom is -0.447 e. The lowest BCUT2D eigenvalue weighted by molar-refractivity contribution is -0.138. The summed E-state index contributed by atoms with van der Waals surface area (Å²) in [5.74, 6) is -1.79. The van der Waals surface area contributed by atoms with E-state index in [-0.39, 0.29) is 43.3 Å². The summed E-state index contributed by atoms with van der Waals surface area (Å²) in [5.41, 5.74) is -0.713. The first-order valence-electron chi connectivity index (χ1n) is 12.2. The largest absolute Gasteiger partial charge is 0.447 e. The standard InChI is InChI=1S/C27H28ClF4N3O5.CH4/c1-27(2,38)13-19(35(14-22(31)32)24(36)10-9-16-5-4-8-20(30)25(16)28)15-39-26(37)33-23-12-21(40-34-23)17-6-3-7-18(29)11-17;/h3-8,11-12,19,22,38H,9-10,13-15H2,1-2H3,(H,33,34,37);1H4/t19-;/m0./s1. The number of hydrogen-bond acceptors (Lipinski definition) is 6. The molecule has 0 aliphatic heterocycles. The first-order valence-corrected chi connectivity index (χ1v) is 12.6. The van der Waals surface area contributed by atoms with Crippen LogP contribution in [0.25, 0.3) is 11.3 Å². The molecule has 13 heteroatoms. The van der Waals surface area contributed by atoms with Gasteiger partial charge in [-0.3, -0.25) is 10.1 Å². The van der Waals surface area contributed by atoms with Crippen LogP contribution in [0.5, 0.6) is 0 Å². The number of alkyl halides is 2. The second-order valence-electron chi connectivity index (χ2n) is 9.63. The third-order valence-electron chi connectivity index (χ3n) is 5.73. The molecule has 0 bridgehead atoms. The van der Waals surface area contributed by atoms with Crippen LogP contribution in [0.3, 0.4) is 0 Å². The van der Waals surface area contributed by atoms with Gasteiger partial charge in [-0.25, -0.2) is 22.4 Å². The van der Waals surface area contributed by atoms with Crippen molar-refractivity contribution in [2.75, 3.05) is 18.5 Å².